The zero-order valence-corrected chi connectivity index (χ0v) is 27.9. The second-order valence-corrected chi connectivity index (χ2v) is 15.1. The first-order valence-electron chi connectivity index (χ1n) is 14.6. The molecule has 12 heteroatoms. The van der Waals surface area contributed by atoms with Gasteiger partial charge in [-0.25, -0.2) is 0 Å². The van der Waals surface area contributed by atoms with Gasteiger partial charge in [-0.3, -0.25) is 13.3 Å². The van der Waals surface area contributed by atoms with E-state index < -0.39 is 21.5 Å². The van der Waals surface area contributed by atoms with Crippen molar-refractivity contribution in [2.24, 2.45) is 0 Å². The molecule has 0 fully saturated rings. The van der Waals surface area contributed by atoms with Gasteiger partial charge in [-0.15, -0.1) is 0 Å². The molecule has 8 nitrogen and oxygen atoms in total. The summed E-state index contributed by atoms with van der Waals surface area (Å²) in [6.45, 7) is 3.33. The van der Waals surface area contributed by atoms with Crippen molar-refractivity contribution in [3.8, 4) is 0 Å². The van der Waals surface area contributed by atoms with Crippen molar-refractivity contribution in [2.45, 2.75) is 37.6 Å². The Morgan fingerprint density at radius 1 is 1.00 bits per heavy atom. The summed E-state index contributed by atoms with van der Waals surface area (Å²) in [4.78, 5) is 3.42. The van der Waals surface area contributed by atoms with Crippen molar-refractivity contribution in [1.29, 1.82) is 0 Å². The molecule has 1 aliphatic heterocycles. The largest absolute Gasteiger partial charge is 0.334 e. The molecule has 0 radical (unpaired) electrons. The number of hydrogen-bond donors (Lipinski definition) is 2. The van der Waals surface area contributed by atoms with Crippen LogP contribution in [0.3, 0.4) is 0 Å². The van der Waals surface area contributed by atoms with Crippen LogP contribution in [0.2, 0.25) is 0 Å². The molecule has 0 aliphatic carbocycles. The summed E-state index contributed by atoms with van der Waals surface area (Å²) in [5.41, 5.74) is 3.28. The summed E-state index contributed by atoms with van der Waals surface area (Å²) >= 11 is 1.07. The number of allylic oxidation sites excluding steroid dienone is 2. The highest BCUT2D eigenvalue weighted by Crippen LogP contribution is 2.50. The fourth-order valence-electron chi connectivity index (χ4n) is 5.73. The van der Waals surface area contributed by atoms with Gasteiger partial charge in [0.05, 0.1) is 28.5 Å². The Balaban J connectivity index is 1.42. The van der Waals surface area contributed by atoms with Crippen LogP contribution in [0, 0.1) is 0 Å². The number of rotatable bonds is 12. The van der Waals surface area contributed by atoms with E-state index in [-0.39, 0.29) is 18.8 Å². The van der Waals surface area contributed by atoms with E-state index in [4.69, 9.17) is 8.74 Å². The van der Waals surface area contributed by atoms with Crippen molar-refractivity contribution in [1.82, 2.24) is 0 Å². The number of aryl methyl sites for hydroxylation is 1. The van der Waals surface area contributed by atoms with E-state index in [1.165, 1.54) is 0 Å². The topological polar surface area (TPSA) is 108 Å². The van der Waals surface area contributed by atoms with Crippen molar-refractivity contribution in [3.05, 3.63) is 94.5 Å². The van der Waals surface area contributed by atoms with E-state index in [0.717, 1.165) is 64.4 Å². The van der Waals surface area contributed by atoms with E-state index in [1.807, 2.05) is 24.3 Å². The third-order valence-electron chi connectivity index (χ3n) is 7.75. The van der Waals surface area contributed by atoms with Gasteiger partial charge in [-0.05, 0) is 53.5 Å². The Hall–Kier alpha value is -3.10. The highest BCUT2D eigenvalue weighted by atomic mass is 32.2. The lowest BCUT2D eigenvalue weighted by molar-refractivity contribution is -0.667. The van der Waals surface area contributed by atoms with Gasteiger partial charge in [0.2, 0.25) is 5.52 Å². The molecule has 4 aromatic carbocycles. The van der Waals surface area contributed by atoms with Crippen molar-refractivity contribution in [3.63, 3.8) is 0 Å². The van der Waals surface area contributed by atoms with Crippen LogP contribution in [-0.2, 0) is 32.2 Å². The summed E-state index contributed by atoms with van der Waals surface area (Å²) in [6, 6.07) is 25.0. The molecule has 0 saturated carbocycles. The van der Waals surface area contributed by atoms with Crippen LogP contribution in [0.4, 0.5) is 5.69 Å². The van der Waals surface area contributed by atoms with Crippen LogP contribution in [0.5, 0.6) is 0 Å². The van der Waals surface area contributed by atoms with Crippen LogP contribution >= 0.6 is 23.1 Å². The predicted molar refractivity (Wildman–Crippen MR) is 185 cm³/mol. The maximum atomic E-state index is 11.6. The van der Waals surface area contributed by atoms with E-state index in [9.17, 15) is 17.2 Å². The molecule has 5 aromatic rings. The van der Waals surface area contributed by atoms with Crippen molar-refractivity contribution < 1.29 is 30.5 Å². The van der Waals surface area contributed by atoms with Crippen LogP contribution in [-0.4, -0.2) is 40.6 Å². The summed E-state index contributed by atoms with van der Waals surface area (Å²) in [7, 11) is -4.07. The Morgan fingerprint density at radius 3 is 2.44 bits per heavy atom. The summed E-state index contributed by atoms with van der Waals surface area (Å²) in [5, 5.41) is 6.56. The van der Waals surface area contributed by atoms with Crippen LogP contribution < -0.4 is 9.47 Å². The molecule has 0 amide bonds. The first-order chi connectivity index (χ1) is 21.7. The van der Waals surface area contributed by atoms with Gasteiger partial charge in [0.25, 0.3) is 15.1 Å². The molecule has 1 unspecified atom stereocenters. The highest BCUT2D eigenvalue weighted by molar-refractivity contribution is 8.03. The zero-order chi connectivity index (χ0) is 31.6. The second kappa shape index (κ2) is 13.7. The average molecular weight is 682 g/mol. The van der Waals surface area contributed by atoms with Crippen molar-refractivity contribution >= 4 is 88.1 Å². The van der Waals surface area contributed by atoms with Gasteiger partial charge in [-0.2, -0.15) is 17.2 Å². The normalized spacial score (nSPS) is 15.5. The quantitative estimate of drug-likeness (QED) is 0.0601. The predicted octanol–water partition coefficient (Wildman–Crippen LogP) is 7.56. The zero-order valence-electron chi connectivity index (χ0n) is 24.6. The lowest BCUT2D eigenvalue weighted by Gasteiger charge is -2.22. The van der Waals surface area contributed by atoms with Gasteiger partial charge < -0.3 is 4.90 Å². The van der Waals surface area contributed by atoms with E-state index in [1.54, 1.807) is 23.1 Å². The smallest absolute Gasteiger partial charge is 0.301 e. The molecule has 1 aliphatic rings. The van der Waals surface area contributed by atoms with Gasteiger partial charge in [0.15, 0.2) is 6.54 Å². The number of benzene rings is 4. The standard InChI is InChI=1S/C33H32N2O6S4/c1-2-23(21-30-34(17-7-19-41-44(36)37)32-26-11-5-3-9-24(26)13-15-28(32)42-30)22-31-35(18-8-20-45(38,39)40)33-27-12-6-4-10-25(27)14-16-29(33)43-31/h3-6,9-16,21-22H,2,7-8,17-20H2,1H3,(H-,36,37,38,39,40)/p+1. The number of anilines is 1. The van der Waals surface area contributed by atoms with Crippen LogP contribution in [0.15, 0.2) is 94.4 Å². The minimum absolute atomic E-state index is 0.160. The van der Waals surface area contributed by atoms with Gasteiger partial charge in [0.1, 0.15) is 4.70 Å². The Morgan fingerprint density at radius 2 is 1.71 bits per heavy atom. The number of thiazole rings is 1. The van der Waals surface area contributed by atoms with Crippen LogP contribution in [0.1, 0.15) is 31.2 Å². The minimum atomic E-state index is -4.07. The third kappa shape index (κ3) is 7.17. The summed E-state index contributed by atoms with van der Waals surface area (Å²) < 4.78 is 60.9. The third-order valence-corrected chi connectivity index (χ3v) is 11.1. The first-order valence-corrected chi connectivity index (χ1v) is 18.9. The lowest BCUT2D eigenvalue weighted by atomic mass is 10.1. The van der Waals surface area contributed by atoms with E-state index >= 15 is 0 Å². The molecule has 2 N–H and O–H groups in total. The Labute approximate surface area is 273 Å². The molecule has 2 heterocycles. The first kappa shape index (κ1) is 31.9. The molecule has 234 valence electrons. The Kier molecular flexibility index (Phi) is 9.71. The molecular weight excluding hydrogens is 649 g/mol. The van der Waals surface area contributed by atoms with E-state index in [2.05, 4.69) is 77.1 Å². The minimum Gasteiger partial charge on any atom is -0.334 e. The molecule has 1 aromatic heterocycles. The lowest BCUT2D eigenvalue weighted by Crippen LogP contribution is -2.36. The SMILES string of the molecule is CCC(=Cc1sc2ccc3ccccc3c2[n+]1CCCS(=O)(=O)O)C=C1Sc2ccc3ccccc3c2N1CCCOS(=O)O. The number of fused-ring (bicyclic) bond motifs is 6. The van der Waals surface area contributed by atoms with Crippen LogP contribution in [0.25, 0.3) is 37.8 Å². The maximum absolute atomic E-state index is 11.6. The number of nitrogens with zero attached hydrogens (tertiary/aromatic N) is 2. The molecule has 0 spiro atoms. The summed E-state index contributed by atoms with van der Waals surface area (Å²) in [6.07, 6.45) is 6.00. The number of thioether (sulfide) groups is 1. The average Bonchev–Trinajstić information content (AvgIpc) is 3.55. The molecule has 45 heavy (non-hydrogen) atoms. The van der Waals surface area contributed by atoms with Gasteiger partial charge in [0, 0.05) is 29.3 Å². The Bertz CT molecular complexity index is 2090. The molecule has 1 atom stereocenters. The fraction of sp³-hybridized carbons (Fsp3) is 0.242. The maximum Gasteiger partial charge on any atom is 0.301 e. The monoisotopic (exact) mass is 681 g/mol. The molecule has 0 saturated heterocycles. The summed E-state index contributed by atoms with van der Waals surface area (Å²) in [5.74, 6) is -0.304. The number of hydrogen-bond acceptors (Lipinski definition) is 7. The fourth-order valence-corrected chi connectivity index (χ4v) is 8.84. The van der Waals surface area contributed by atoms with Gasteiger partial charge >= 0.3 is 11.4 Å². The second-order valence-electron chi connectivity index (χ2n) is 10.7. The molecular formula is C33H33N2O6S4+. The van der Waals surface area contributed by atoms with E-state index in [0.29, 0.717) is 19.5 Å². The van der Waals surface area contributed by atoms with Gasteiger partial charge in [-0.1, -0.05) is 84.6 Å². The molecule has 0 bridgehead atoms. The molecule has 6 rings (SSSR count). The highest BCUT2D eigenvalue weighted by Gasteiger charge is 2.28. The van der Waals surface area contributed by atoms with Crippen molar-refractivity contribution in [2.75, 3.05) is 23.8 Å². The number of aromatic nitrogens is 1.